The van der Waals surface area contributed by atoms with Crippen LogP contribution in [-0.2, 0) is 9.53 Å². The normalized spacial score (nSPS) is 11.3. The molecular weight excluding hydrogens is 300 g/mol. The predicted molar refractivity (Wildman–Crippen MR) is 76.5 cm³/mol. The number of thioether (sulfide) groups is 1. The Morgan fingerprint density at radius 1 is 1.29 bits per heavy atom. The van der Waals surface area contributed by atoms with Crippen LogP contribution in [0.5, 0.6) is 0 Å². The molecule has 0 spiro atoms. The number of carbonyl (C=O) groups excluding carboxylic acids is 2. The molecule has 0 aromatic heterocycles. The number of halogens is 2. The van der Waals surface area contributed by atoms with Crippen LogP contribution in [0.15, 0.2) is 29.2 Å². The highest BCUT2D eigenvalue weighted by Gasteiger charge is 2.19. The number of hydrogen-bond donors (Lipinski definition) is 1. The van der Waals surface area contributed by atoms with Crippen molar-refractivity contribution in [3.8, 4) is 0 Å². The van der Waals surface area contributed by atoms with Crippen molar-refractivity contribution in [1.82, 2.24) is 5.32 Å². The SMILES string of the molecule is CC(C)(C)NC(=O)COC(=O)c1ccccc1SC(F)F. The van der Waals surface area contributed by atoms with E-state index in [0.29, 0.717) is 0 Å². The molecular formula is C14H17F2NO3S. The third kappa shape index (κ3) is 6.57. The Morgan fingerprint density at radius 3 is 2.48 bits per heavy atom. The molecule has 7 heteroatoms. The second kappa shape index (κ2) is 7.40. The van der Waals surface area contributed by atoms with Crippen LogP contribution in [0.4, 0.5) is 8.78 Å². The predicted octanol–water partition coefficient (Wildman–Crippen LogP) is 3.07. The molecule has 21 heavy (non-hydrogen) atoms. The van der Waals surface area contributed by atoms with Gasteiger partial charge in [-0.15, -0.1) is 0 Å². The number of amides is 1. The average Bonchev–Trinajstić information content (AvgIpc) is 2.34. The number of hydrogen-bond acceptors (Lipinski definition) is 4. The first-order valence-corrected chi connectivity index (χ1v) is 7.09. The van der Waals surface area contributed by atoms with E-state index in [2.05, 4.69) is 5.32 Å². The van der Waals surface area contributed by atoms with Crippen molar-refractivity contribution in [2.45, 2.75) is 37.0 Å². The maximum atomic E-state index is 12.4. The lowest BCUT2D eigenvalue weighted by Gasteiger charge is -2.20. The van der Waals surface area contributed by atoms with Crippen LogP contribution in [0.2, 0.25) is 0 Å². The fourth-order valence-corrected chi connectivity index (χ4v) is 2.12. The van der Waals surface area contributed by atoms with Crippen molar-refractivity contribution in [3.63, 3.8) is 0 Å². The second-order valence-electron chi connectivity index (χ2n) is 5.25. The number of alkyl halides is 2. The zero-order valence-electron chi connectivity index (χ0n) is 12.0. The first-order valence-electron chi connectivity index (χ1n) is 6.21. The average molecular weight is 317 g/mol. The summed E-state index contributed by atoms with van der Waals surface area (Å²) in [5.41, 5.74) is -0.418. The van der Waals surface area contributed by atoms with Crippen LogP contribution in [0.25, 0.3) is 0 Å². The summed E-state index contributed by atoms with van der Waals surface area (Å²) < 4.78 is 29.7. The zero-order valence-corrected chi connectivity index (χ0v) is 12.8. The molecule has 0 atom stereocenters. The van der Waals surface area contributed by atoms with E-state index in [0.717, 1.165) is 0 Å². The first-order chi connectivity index (χ1) is 9.69. The fourth-order valence-electron chi connectivity index (χ4n) is 1.50. The molecule has 0 aliphatic heterocycles. The Hall–Kier alpha value is -1.63. The molecule has 1 amide bonds. The van der Waals surface area contributed by atoms with E-state index in [1.165, 1.54) is 12.1 Å². The van der Waals surface area contributed by atoms with Crippen molar-refractivity contribution >= 4 is 23.6 Å². The smallest absolute Gasteiger partial charge is 0.339 e. The number of benzene rings is 1. The van der Waals surface area contributed by atoms with Gasteiger partial charge in [-0.1, -0.05) is 23.9 Å². The highest BCUT2D eigenvalue weighted by Crippen LogP contribution is 2.28. The van der Waals surface area contributed by atoms with Gasteiger partial charge in [-0.25, -0.2) is 4.79 Å². The molecule has 116 valence electrons. The van der Waals surface area contributed by atoms with E-state index in [9.17, 15) is 18.4 Å². The van der Waals surface area contributed by atoms with Crippen LogP contribution >= 0.6 is 11.8 Å². The lowest BCUT2D eigenvalue weighted by atomic mass is 10.1. The summed E-state index contributed by atoms with van der Waals surface area (Å²) in [5.74, 6) is -3.89. The summed E-state index contributed by atoms with van der Waals surface area (Å²) in [6, 6.07) is 5.88. The van der Waals surface area contributed by atoms with E-state index in [1.807, 2.05) is 0 Å². The van der Waals surface area contributed by atoms with Gasteiger partial charge in [-0.2, -0.15) is 8.78 Å². The van der Waals surface area contributed by atoms with Crippen molar-refractivity contribution < 1.29 is 23.1 Å². The molecule has 0 aliphatic carbocycles. The minimum Gasteiger partial charge on any atom is -0.452 e. The topological polar surface area (TPSA) is 55.4 Å². The summed E-state index contributed by atoms with van der Waals surface area (Å²) in [7, 11) is 0. The molecule has 0 bridgehead atoms. The van der Waals surface area contributed by atoms with E-state index < -0.39 is 29.8 Å². The standard InChI is InChI=1S/C14H17F2NO3S/c1-14(2,3)17-11(18)8-20-12(19)9-6-4-5-7-10(9)21-13(15)16/h4-7,13H,8H2,1-3H3,(H,17,18). The highest BCUT2D eigenvalue weighted by atomic mass is 32.2. The molecule has 1 N–H and O–H groups in total. The summed E-state index contributed by atoms with van der Waals surface area (Å²) in [6.45, 7) is 4.92. The minimum absolute atomic E-state index is 0.0198. The van der Waals surface area contributed by atoms with Gasteiger partial charge in [-0.05, 0) is 32.9 Å². The number of ether oxygens (including phenoxy) is 1. The van der Waals surface area contributed by atoms with Crippen LogP contribution in [0.3, 0.4) is 0 Å². The van der Waals surface area contributed by atoms with Crippen LogP contribution in [0, 0.1) is 0 Å². The maximum absolute atomic E-state index is 12.4. The monoisotopic (exact) mass is 317 g/mol. The van der Waals surface area contributed by atoms with E-state index in [4.69, 9.17) is 4.74 Å². The number of nitrogens with one attached hydrogen (secondary N) is 1. The van der Waals surface area contributed by atoms with Crippen molar-refractivity contribution in [3.05, 3.63) is 29.8 Å². The highest BCUT2D eigenvalue weighted by molar-refractivity contribution is 7.99. The maximum Gasteiger partial charge on any atom is 0.339 e. The molecule has 0 fully saturated rings. The molecule has 4 nitrogen and oxygen atoms in total. The number of esters is 1. The Labute approximate surface area is 126 Å². The van der Waals surface area contributed by atoms with Gasteiger partial charge < -0.3 is 10.1 Å². The zero-order chi connectivity index (χ0) is 16.0. The summed E-state index contributed by atoms with van der Waals surface area (Å²) >= 11 is 0.263. The summed E-state index contributed by atoms with van der Waals surface area (Å²) in [4.78, 5) is 23.5. The number of rotatable bonds is 5. The van der Waals surface area contributed by atoms with Gasteiger partial charge in [0.15, 0.2) is 6.61 Å². The third-order valence-corrected chi connectivity index (χ3v) is 2.96. The first kappa shape index (κ1) is 17.4. The fraction of sp³-hybridized carbons (Fsp3) is 0.429. The van der Waals surface area contributed by atoms with E-state index >= 15 is 0 Å². The molecule has 0 radical (unpaired) electrons. The van der Waals surface area contributed by atoms with E-state index in [-0.39, 0.29) is 22.2 Å². The molecule has 0 unspecified atom stereocenters. The largest absolute Gasteiger partial charge is 0.452 e. The Morgan fingerprint density at radius 2 is 1.90 bits per heavy atom. The third-order valence-electron chi connectivity index (χ3n) is 2.17. The molecule has 0 heterocycles. The van der Waals surface area contributed by atoms with Gasteiger partial charge >= 0.3 is 5.97 Å². The van der Waals surface area contributed by atoms with Crippen LogP contribution in [-0.4, -0.2) is 29.8 Å². The Balaban J connectivity index is 2.66. The minimum atomic E-state index is -2.64. The molecule has 1 aromatic carbocycles. The van der Waals surface area contributed by atoms with Gasteiger partial charge in [0.25, 0.3) is 11.7 Å². The summed E-state index contributed by atoms with van der Waals surface area (Å²) in [6.07, 6.45) is 0. The van der Waals surface area contributed by atoms with Crippen molar-refractivity contribution in [1.29, 1.82) is 0 Å². The van der Waals surface area contributed by atoms with E-state index in [1.54, 1.807) is 32.9 Å². The summed E-state index contributed by atoms with van der Waals surface area (Å²) in [5, 5.41) is 2.63. The molecule has 1 rings (SSSR count). The Kier molecular flexibility index (Phi) is 6.14. The second-order valence-corrected chi connectivity index (χ2v) is 6.28. The lowest BCUT2D eigenvalue weighted by molar-refractivity contribution is -0.125. The van der Waals surface area contributed by atoms with Gasteiger partial charge in [-0.3, -0.25) is 4.79 Å². The van der Waals surface area contributed by atoms with Gasteiger partial charge in [0.2, 0.25) is 0 Å². The van der Waals surface area contributed by atoms with Crippen molar-refractivity contribution in [2.24, 2.45) is 0 Å². The number of carbonyl (C=O) groups is 2. The molecule has 0 aliphatic rings. The molecule has 1 aromatic rings. The quantitative estimate of drug-likeness (QED) is 0.670. The van der Waals surface area contributed by atoms with Crippen LogP contribution < -0.4 is 5.32 Å². The van der Waals surface area contributed by atoms with Gasteiger partial charge in [0, 0.05) is 10.4 Å². The Bertz CT molecular complexity index is 515. The van der Waals surface area contributed by atoms with Gasteiger partial charge in [0.05, 0.1) is 5.56 Å². The molecule has 0 saturated heterocycles. The lowest BCUT2D eigenvalue weighted by Crippen LogP contribution is -2.42. The van der Waals surface area contributed by atoms with Gasteiger partial charge in [0.1, 0.15) is 0 Å². The molecule has 0 saturated carbocycles. The van der Waals surface area contributed by atoms with Crippen molar-refractivity contribution in [2.75, 3.05) is 6.61 Å². The van der Waals surface area contributed by atoms with Crippen LogP contribution in [0.1, 0.15) is 31.1 Å².